The summed E-state index contributed by atoms with van der Waals surface area (Å²) in [6.45, 7) is 10.1. The molecule has 1 aliphatic rings. The Morgan fingerprint density at radius 2 is 2.00 bits per heavy atom. The van der Waals surface area contributed by atoms with Crippen LogP contribution < -0.4 is 4.90 Å². The highest BCUT2D eigenvalue weighted by Crippen LogP contribution is 2.19. The average molecular weight is 273 g/mol. The first kappa shape index (κ1) is 14.6. The van der Waals surface area contributed by atoms with Gasteiger partial charge >= 0.3 is 0 Å². The van der Waals surface area contributed by atoms with Gasteiger partial charge in [0.1, 0.15) is 5.76 Å². The van der Waals surface area contributed by atoms with Gasteiger partial charge in [-0.05, 0) is 38.3 Å². The number of anilines is 1. The Morgan fingerprint density at radius 1 is 1.30 bits per heavy atom. The molecule has 4 heteroatoms. The van der Waals surface area contributed by atoms with E-state index in [1.807, 2.05) is 19.1 Å². The number of aromatic nitrogens is 1. The molecule has 0 aliphatic carbocycles. The van der Waals surface area contributed by atoms with Gasteiger partial charge in [-0.1, -0.05) is 6.58 Å². The van der Waals surface area contributed by atoms with Crippen molar-refractivity contribution >= 4 is 11.8 Å². The standard InChI is InChI=1S/C16H23N3O/c1-13-11-16(19-9-7-18(3)8-10-19)12-15(17-13)6-5-14(2)20-4/h5-6,11-12H,2,7-10H2,1,3-4H3/b6-5+. The molecule has 4 nitrogen and oxygen atoms in total. The molecule has 0 radical (unpaired) electrons. The number of ether oxygens (including phenoxy) is 1. The number of methoxy groups -OCH3 is 1. The molecule has 0 spiro atoms. The van der Waals surface area contributed by atoms with Crippen LogP contribution in [-0.4, -0.2) is 50.2 Å². The summed E-state index contributed by atoms with van der Waals surface area (Å²) in [5.74, 6) is 0.634. The van der Waals surface area contributed by atoms with Crippen molar-refractivity contribution in [2.45, 2.75) is 6.92 Å². The van der Waals surface area contributed by atoms with Crippen LogP contribution in [0.4, 0.5) is 5.69 Å². The van der Waals surface area contributed by atoms with Crippen LogP contribution in [0.3, 0.4) is 0 Å². The molecule has 0 atom stereocenters. The van der Waals surface area contributed by atoms with Gasteiger partial charge in [0.2, 0.25) is 0 Å². The fourth-order valence-corrected chi connectivity index (χ4v) is 2.25. The Kier molecular flexibility index (Phi) is 4.79. The fraction of sp³-hybridized carbons (Fsp3) is 0.438. The molecule has 1 aliphatic heterocycles. The molecule has 1 saturated heterocycles. The molecule has 0 saturated carbocycles. The van der Waals surface area contributed by atoms with E-state index in [1.165, 1.54) is 5.69 Å². The van der Waals surface area contributed by atoms with Crippen LogP contribution in [0.5, 0.6) is 0 Å². The molecular weight excluding hydrogens is 250 g/mol. The second-order valence-corrected chi connectivity index (χ2v) is 5.19. The highest BCUT2D eigenvalue weighted by atomic mass is 16.5. The third-order valence-corrected chi connectivity index (χ3v) is 3.53. The Labute approximate surface area is 121 Å². The number of hydrogen-bond donors (Lipinski definition) is 0. The van der Waals surface area contributed by atoms with Crippen molar-refractivity contribution in [2.24, 2.45) is 0 Å². The maximum atomic E-state index is 5.04. The van der Waals surface area contributed by atoms with Gasteiger partial charge in [0.05, 0.1) is 12.8 Å². The zero-order valence-electron chi connectivity index (χ0n) is 12.6. The van der Waals surface area contributed by atoms with Gasteiger partial charge in [-0.15, -0.1) is 0 Å². The third-order valence-electron chi connectivity index (χ3n) is 3.53. The lowest BCUT2D eigenvalue weighted by Crippen LogP contribution is -2.44. The van der Waals surface area contributed by atoms with E-state index < -0.39 is 0 Å². The van der Waals surface area contributed by atoms with E-state index in [4.69, 9.17) is 4.74 Å². The minimum absolute atomic E-state index is 0.634. The van der Waals surface area contributed by atoms with Crippen molar-refractivity contribution in [3.8, 4) is 0 Å². The number of rotatable bonds is 4. The fourth-order valence-electron chi connectivity index (χ4n) is 2.25. The zero-order chi connectivity index (χ0) is 14.5. The Bertz CT molecular complexity index is 502. The Hall–Kier alpha value is -1.81. The predicted molar refractivity (Wildman–Crippen MR) is 83.9 cm³/mol. The lowest BCUT2D eigenvalue weighted by Gasteiger charge is -2.34. The van der Waals surface area contributed by atoms with Crippen molar-refractivity contribution in [1.82, 2.24) is 9.88 Å². The minimum Gasteiger partial charge on any atom is -0.497 e. The highest BCUT2D eigenvalue weighted by molar-refractivity contribution is 5.57. The van der Waals surface area contributed by atoms with Gasteiger partial charge in [0.15, 0.2) is 0 Å². The lowest BCUT2D eigenvalue weighted by molar-refractivity contribution is 0.309. The maximum Gasteiger partial charge on any atom is 0.111 e. The van der Waals surface area contributed by atoms with Gasteiger partial charge in [-0.3, -0.25) is 4.98 Å². The van der Waals surface area contributed by atoms with Gasteiger partial charge in [0, 0.05) is 37.6 Å². The molecule has 1 fully saturated rings. The van der Waals surface area contributed by atoms with E-state index in [2.05, 4.69) is 40.5 Å². The summed E-state index contributed by atoms with van der Waals surface area (Å²) < 4.78 is 5.04. The SMILES string of the molecule is C=C(/C=C/c1cc(N2CCN(C)CC2)cc(C)n1)OC. The summed E-state index contributed by atoms with van der Waals surface area (Å²) in [5, 5.41) is 0. The molecule has 1 aromatic heterocycles. The molecule has 0 N–H and O–H groups in total. The number of aryl methyl sites for hydroxylation is 1. The molecule has 0 aromatic carbocycles. The molecule has 0 bridgehead atoms. The third kappa shape index (κ3) is 3.84. The van der Waals surface area contributed by atoms with Crippen LogP contribution in [0.15, 0.2) is 30.5 Å². The molecule has 0 amide bonds. The molecular formula is C16H23N3O. The maximum absolute atomic E-state index is 5.04. The summed E-state index contributed by atoms with van der Waals surface area (Å²) in [7, 11) is 3.78. The second-order valence-electron chi connectivity index (χ2n) is 5.19. The van der Waals surface area contributed by atoms with Crippen molar-refractivity contribution in [3.63, 3.8) is 0 Å². The van der Waals surface area contributed by atoms with Crippen LogP contribution in [0.1, 0.15) is 11.4 Å². The predicted octanol–water partition coefficient (Wildman–Crippen LogP) is 2.32. The molecule has 2 rings (SSSR count). The molecule has 108 valence electrons. The van der Waals surface area contributed by atoms with E-state index in [0.29, 0.717) is 5.76 Å². The first-order valence-corrected chi connectivity index (χ1v) is 6.91. The summed E-state index contributed by atoms with van der Waals surface area (Å²) >= 11 is 0. The van der Waals surface area contributed by atoms with Crippen molar-refractivity contribution < 1.29 is 4.74 Å². The Morgan fingerprint density at radius 3 is 2.65 bits per heavy atom. The van der Waals surface area contributed by atoms with Crippen LogP contribution in [0.2, 0.25) is 0 Å². The zero-order valence-corrected chi connectivity index (χ0v) is 12.6. The van der Waals surface area contributed by atoms with Crippen LogP contribution in [0.25, 0.3) is 6.08 Å². The van der Waals surface area contributed by atoms with E-state index in [1.54, 1.807) is 7.11 Å². The highest BCUT2D eigenvalue weighted by Gasteiger charge is 2.14. The molecule has 0 unspecified atom stereocenters. The topological polar surface area (TPSA) is 28.6 Å². The normalized spacial score (nSPS) is 16.6. The number of pyridine rings is 1. The van der Waals surface area contributed by atoms with Crippen molar-refractivity contribution in [3.05, 3.63) is 41.9 Å². The number of piperazine rings is 1. The lowest BCUT2D eigenvalue weighted by atomic mass is 10.2. The van der Waals surface area contributed by atoms with E-state index in [-0.39, 0.29) is 0 Å². The van der Waals surface area contributed by atoms with E-state index in [0.717, 1.165) is 37.6 Å². The number of likely N-dealkylation sites (N-methyl/N-ethyl adjacent to an activating group) is 1. The van der Waals surface area contributed by atoms with Gasteiger partial charge in [0.25, 0.3) is 0 Å². The summed E-state index contributed by atoms with van der Waals surface area (Å²) in [6.07, 6.45) is 3.79. The summed E-state index contributed by atoms with van der Waals surface area (Å²) in [6, 6.07) is 4.27. The van der Waals surface area contributed by atoms with Crippen molar-refractivity contribution in [2.75, 3.05) is 45.2 Å². The number of nitrogens with zero attached hydrogens (tertiary/aromatic N) is 3. The largest absolute Gasteiger partial charge is 0.497 e. The molecule has 20 heavy (non-hydrogen) atoms. The molecule has 1 aromatic rings. The van der Waals surface area contributed by atoms with Crippen molar-refractivity contribution in [1.29, 1.82) is 0 Å². The first-order chi connectivity index (χ1) is 9.58. The van der Waals surface area contributed by atoms with Crippen LogP contribution >= 0.6 is 0 Å². The quantitative estimate of drug-likeness (QED) is 0.622. The van der Waals surface area contributed by atoms with Gasteiger partial charge < -0.3 is 14.5 Å². The number of allylic oxidation sites excluding steroid dienone is 1. The van der Waals surface area contributed by atoms with E-state index >= 15 is 0 Å². The molecule has 2 heterocycles. The smallest absolute Gasteiger partial charge is 0.111 e. The van der Waals surface area contributed by atoms with Gasteiger partial charge in [-0.2, -0.15) is 0 Å². The van der Waals surface area contributed by atoms with Crippen LogP contribution in [0, 0.1) is 6.92 Å². The first-order valence-electron chi connectivity index (χ1n) is 6.91. The van der Waals surface area contributed by atoms with E-state index in [9.17, 15) is 0 Å². The van der Waals surface area contributed by atoms with Gasteiger partial charge in [-0.25, -0.2) is 0 Å². The monoisotopic (exact) mass is 273 g/mol. The minimum atomic E-state index is 0.634. The number of hydrogen-bond acceptors (Lipinski definition) is 4. The average Bonchev–Trinajstić information content (AvgIpc) is 2.45. The summed E-state index contributed by atoms with van der Waals surface area (Å²) in [4.78, 5) is 9.30. The second kappa shape index (κ2) is 6.57. The Balaban J connectivity index is 2.16. The van der Waals surface area contributed by atoms with Crippen LogP contribution in [-0.2, 0) is 4.74 Å². The summed E-state index contributed by atoms with van der Waals surface area (Å²) in [5.41, 5.74) is 3.22.